The molecule has 1 aliphatic heterocycles. The van der Waals surface area contributed by atoms with Crippen molar-refractivity contribution >= 4 is 0 Å². The van der Waals surface area contributed by atoms with Crippen LogP contribution in [0.3, 0.4) is 0 Å². The molecule has 3 N–H and O–H groups in total. The molecule has 1 aliphatic rings. The molecule has 1 fully saturated rings. The van der Waals surface area contributed by atoms with Gasteiger partial charge < -0.3 is 20.2 Å². The number of hydrogen-bond acceptors (Lipinski definition) is 5. The summed E-state index contributed by atoms with van der Waals surface area (Å²) >= 11 is 0. The first-order valence-corrected chi connectivity index (χ1v) is 11.6. The molecular weight excluding hydrogens is 400 g/mol. The standard InChI is InChI=1S/C27H36N2O3/c1-21(2)26(20-28,25-10-9-22(18-30)23(17-25)19-31)11-6-14-29-15-12-27(32,13-16-29)24-7-4-3-5-8-24/h3-5,7-10,17,21,30-32H,6,11-16,18-19H2,1-2H3. The number of rotatable bonds is 9. The molecule has 5 heteroatoms. The summed E-state index contributed by atoms with van der Waals surface area (Å²) in [6, 6.07) is 18.1. The Kier molecular flexibility index (Phi) is 8.08. The van der Waals surface area contributed by atoms with E-state index in [-0.39, 0.29) is 19.1 Å². The summed E-state index contributed by atoms with van der Waals surface area (Å²) in [4.78, 5) is 2.38. The van der Waals surface area contributed by atoms with E-state index in [2.05, 4.69) is 24.8 Å². The molecule has 1 atom stereocenters. The summed E-state index contributed by atoms with van der Waals surface area (Å²) < 4.78 is 0. The number of benzene rings is 2. The summed E-state index contributed by atoms with van der Waals surface area (Å²) in [6.07, 6.45) is 3.04. The molecule has 0 amide bonds. The van der Waals surface area contributed by atoms with Gasteiger partial charge in [0.2, 0.25) is 0 Å². The van der Waals surface area contributed by atoms with Crippen molar-refractivity contribution in [1.29, 1.82) is 5.26 Å². The molecule has 0 bridgehead atoms. The molecule has 0 aliphatic carbocycles. The van der Waals surface area contributed by atoms with Crippen molar-refractivity contribution in [2.24, 2.45) is 5.92 Å². The van der Waals surface area contributed by atoms with Gasteiger partial charge in [-0.15, -0.1) is 0 Å². The summed E-state index contributed by atoms with van der Waals surface area (Å²) in [6.45, 7) is 6.44. The third-order valence-electron chi connectivity index (χ3n) is 7.29. The van der Waals surface area contributed by atoms with E-state index in [4.69, 9.17) is 0 Å². The van der Waals surface area contributed by atoms with Crippen molar-refractivity contribution in [3.63, 3.8) is 0 Å². The van der Waals surface area contributed by atoms with Crippen molar-refractivity contribution in [3.8, 4) is 6.07 Å². The van der Waals surface area contributed by atoms with E-state index in [0.29, 0.717) is 24.0 Å². The monoisotopic (exact) mass is 436 g/mol. The predicted octanol–water partition coefficient (Wildman–Crippen LogP) is 3.85. The zero-order valence-corrected chi connectivity index (χ0v) is 19.3. The highest BCUT2D eigenvalue weighted by molar-refractivity contribution is 5.40. The second kappa shape index (κ2) is 10.6. The van der Waals surface area contributed by atoms with Gasteiger partial charge in [0, 0.05) is 13.1 Å². The molecule has 1 unspecified atom stereocenters. The molecule has 2 aromatic carbocycles. The lowest BCUT2D eigenvalue weighted by molar-refractivity contribution is -0.0263. The van der Waals surface area contributed by atoms with E-state index >= 15 is 0 Å². The summed E-state index contributed by atoms with van der Waals surface area (Å²) in [5, 5.41) is 40.5. The van der Waals surface area contributed by atoms with Gasteiger partial charge in [0.25, 0.3) is 0 Å². The number of nitrogens with zero attached hydrogens (tertiary/aromatic N) is 2. The summed E-state index contributed by atoms with van der Waals surface area (Å²) in [5.41, 5.74) is 1.90. The maximum Gasteiger partial charge on any atom is 0.0920 e. The number of aliphatic hydroxyl groups excluding tert-OH is 2. The van der Waals surface area contributed by atoms with Crippen LogP contribution in [0.15, 0.2) is 48.5 Å². The zero-order valence-electron chi connectivity index (χ0n) is 19.3. The van der Waals surface area contributed by atoms with E-state index < -0.39 is 11.0 Å². The lowest BCUT2D eigenvalue weighted by atomic mass is 9.69. The topological polar surface area (TPSA) is 87.7 Å². The minimum atomic E-state index is -0.749. The SMILES string of the molecule is CC(C)C(C#N)(CCCN1CCC(O)(c2ccccc2)CC1)c1ccc(CO)c(CO)c1. The second-order valence-corrected chi connectivity index (χ2v) is 9.38. The Hall–Kier alpha value is -2.23. The van der Waals surface area contributed by atoms with Crippen LogP contribution in [0.2, 0.25) is 0 Å². The van der Waals surface area contributed by atoms with Gasteiger partial charge in [0.1, 0.15) is 0 Å². The number of nitriles is 1. The van der Waals surface area contributed by atoms with Crippen LogP contribution in [0.1, 0.15) is 61.8 Å². The Morgan fingerprint density at radius 1 is 1.03 bits per heavy atom. The molecule has 0 saturated carbocycles. The van der Waals surface area contributed by atoms with E-state index in [1.807, 2.05) is 48.5 Å². The molecule has 0 aromatic heterocycles. The van der Waals surface area contributed by atoms with Crippen LogP contribution in [-0.4, -0.2) is 39.9 Å². The Labute approximate surface area is 191 Å². The molecule has 0 radical (unpaired) electrons. The van der Waals surface area contributed by atoms with Crippen LogP contribution in [-0.2, 0) is 24.2 Å². The summed E-state index contributed by atoms with van der Waals surface area (Å²) in [7, 11) is 0. The van der Waals surface area contributed by atoms with Crippen molar-refractivity contribution in [1.82, 2.24) is 4.90 Å². The van der Waals surface area contributed by atoms with Crippen LogP contribution in [0.4, 0.5) is 0 Å². The normalized spacial score (nSPS) is 18.3. The van der Waals surface area contributed by atoms with Gasteiger partial charge in [-0.25, -0.2) is 0 Å². The van der Waals surface area contributed by atoms with Crippen molar-refractivity contribution < 1.29 is 15.3 Å². The van der Waals surface area contributed by atoms with Crippen LogP contribution in [0, 0.1) is 17.2 Å². The number of piperidine rings is 1. The molecule has 2 aromatic rings. The third-order valence-corrected chi connectivity index (χ3v) is 7.29. The van der Waals surface area contributed by atoms with Crippen LogP contribution in [0.5, 0.6) is 0 Å². The zero-order chi connectivity index (χ0) is 23.2. The van der Waals surface area contributed by atoms with Gasteiger partial charge in [-0.1, -0.05) is 62.4 Å². The van der Waals surface area contributed by atoms with Crippen molar-refractivity contribution in [2.45, 2.75) is 63.8 Å². The molecule has 1 saturated heterocycles. The number of hydrogen-bond donors (Lipinski definition) is 3. The van der Waals surface area contributed by atoms with Crippen molar-refractivity contribution in [2.75, 3.05) is 19.6 Å². The Bertz CT molecular complexity index is 914. The lowest BCUT2D eigenvalue weighted by Gasteiger charge is -2.39. The van der Waals surface area contributed by atoms with Gasteiger partial charge in [-0.3, -0.25) is 0 Å². The summed E-state index contributed by atoms with van der Waals surface area (Å²) in [5.74, 6) is 0.114. The maximum atomic E-state index is 11.1. The molecular formula is C27H36N2O3. The smallest absolute Gasteiger partial charge is 0.0920 e. The number of aliphatic hydroxyl groups is 3. The van der Waals surface area contributed by atoms with E-state index in [0.717, 1.165) is 43.6 Å². The highest BCUT2D eigenvalue weighted by Gasteiger charge is 2.37. The van der Waals surface area contributed by atoms with E-state index in [1.54, 1.807) is 0 Å². The van der Waals surface area contributed by atoms with Gasteiger partial charge in [0.15, 0.2) is 0 Å². The fraction of sp³-hybridized carbons (Fsp3) is 0.519. The highest BCUT2D eigenvalue weighted by Crippen LogP contribution is 2.38. The highest BCUT2D eigenvalue weighted by atomic mass is 16.3. The largest absolute Gasteiger partial charge is 0.392 e. The van der Waals surface area contributed by atoms with Gasteiger partial charge in [0.05, 0.1) is 30.3 Å². The minimum Gasteiger partial charge on any atom is -0.392 e. The van der Waals surface area contributed by atoms with Gasteiger partial charge in [-0.2, -0.15) is 5.26 Å². The fourth-order valence-corrected chi connectivity index (χ4v) is 4.99. The molecule has 5 nitrogen and oxygen atoms in total. The Balaban J connectivity index is 1.64. The second-order valence-electron chi connectivity index (χ2n) is 9.38. The first-order valence-electron chi connectivity index (χ1n) is 11.6. The molecule has 1 heterocycles. The van der Waals surface area contributed by atoms with Crippen LogP contribution in [0.25, 0.3) is 0 Å². The molecule has 32 heavy (non-hydrogen) atoms. The Morgan fingerprint density at radius 2 is 1.69 bits per heavy atom. The van der Waals surface area contributed by atoms with E-state index in [1.165, 1.54) is 0 Å². The Morgan fingerprint density at radius 3 is 2.25 bits per heavy atom. The fourth-order valence-electron chi connectivity index (χ4n) is 4.99. The first-order chi connectivity index (χ1) is 15.4. The molecule has 3 rings (SSSR count). The molecule has 172 valence electrons. The lowest BCUT2D eigenvalue weighted by Crippen LogP contribution is -2.43. The van der Waals surface area contributed by atoms with Gasteiger partial charge in [-0.05, 0) is 60.4 Å². The van der Waals surface area contributed by atoms with Gasteiger partial charge >= 0.3 is 0 Å². The molecule has 0 spiro atoms. The van der Waals surface area contributed by atoms with Crippen LogP contribution < -0.4 is 0 Å². The number of likely N-dealkylation sites (tertiary alicyclic amines) is 1. The quantitative estimate of drug-likeness (QED) is 0.556. The average Bonchev–Trinajstić information content (AvgIpc) is 2.83. The van der Waals surface area contributed by atoms with Crippen LogP contribution >= 0.6 is 0 Å². The predicted molar refractivity (Wildman–Crippen MR) is 126 cm³/mol. The van der Waals surface area contributed by atoms with Crippen molar-refractivity contribution in [3.05, 3.63) is 70.8 Å². The average molecular weight is 437 g/mol. The van der Waals surface area contributed by atoms with E-state index in [9.17, 15) is 20.6 Å². The third kappa shape index (κ3) is 5.05. The first kappa shape index (κ1) is 24.4. The maximum absolute atomic E-state index is 11.1. The minimum absolute atomic E-state index is 0.114.